The maximum absolute atomic E-state index is 13.0. The fourth-order valence-corrected chi connectivity index (χ4v) is 3.57. The largest absolute Gasteiger partial charge is 0.478 e. The predicted octanol–water partition coefficient (Wildman–Crippen LogP) is 3.58. The van der Waals surface area contributed by atoms with Gasteiger partial charge in [-0.1, -0.05) is 12.1 Å². The summed E-state index contributed by atoms with van der Waals surface area (Å²) in [6, 6.07) is 15.8. The summed E-state index contributed by atoms with van der Waals surface area (Å²) >= 11 is 0. The van der Waals surface area contributed by atoms with Crippen LogP contribution in [-0.2, 0) is 10.0 Å². The molecular formula is C20H15FN2O5S. The number of rotatable bonds is 6. The lowest BCUT2D eigenvalue weighted by Crippen LogP contribution is -2.16. The molecule has 1 amide bonds. The maximum Gasteiger partial charge on any atom is 0.335 e. The van der Waals surface area contributed by atoms with E-state index in [4.69, 9.17) is 5.11 Å². The lowest BCUT2D eigenvalue weighted by molar-refractivity contribution is 0.0696. The minimum Gasteiger partial charge on any atom is -0.478 e. The van der Waals surface area contributed by atoms with Crippen molar-refractivity contribution in [3.8, 4) is 0 Å². The van der Waals surface area contributed by atoms with Gasteiger partial charge >= 0.3 is 5.97 Å². The van der Waals surface area contributed by atoms with Crippen molar-refractivity contribution in [2.75, 3.05) is 10.0 Å². The Balaban J connectivity index is 1.82. The van der Waals surface area contributed by atoms with Crippen molar-refractivity contribution in [2.45, 2.75) is 4.90 Å². The summed E-state index contributed by atoms with van der Waals surface area (Å²) in [6.07, 6.45) is 0. The van der Waals surface area contributed by atoms with E-state index in [9.17, 15) is 22.4 Å². The number of aromatic carboxylic acids is 1. The smallest absolute Gasteiger partial charge is 0.335 e. The van der Waals surface area contributed by atoms with Crippen LogP contribution in [0.15, 0.2) is 77.7 Å². The number of anilines is 2. The molecular weight excluding hydrogens is 399 g/mol. The number of carbonyl (C=O) groups excluding carboxylic acids is 1. The van der Waals surface area contributed by atoms with Gasteiger partial charge in [-0.05, 0) is 60.7 Å². The van der Waals surface area contributed by atoms with Gasteiger partial charge in [0.1, 0.15) is 5.82 Å². The zero-order chi connectivity index (χ0) is 21.0. The lowest BCUT2D eigenvalue weighted by Gasteiger charge is -2.10. The third kappa shape index (κ3) is 4.96. The van der Waals surface area contributed by atoms with E-state index in [1.807, 2.05) is 0 Å². The Kier molecular flexibility index (Phi) is 5.60. The molecule has 3 aromatic carbocycles. The Labute approximate surface area is 165 Å². The Hall–Kier alpha value is -3.72. The number of carboxylic acids is 1. The molecule has 9 heteroatoms. The van der Waals surface area contributed by atoms with Crippen molar-refractivity contribution in [1.29, 1.82) is 0 Å². The monoisotopic (exact) mass is 414 g/mol. The number of nitrogens with one attached hydrogen (secondary N) is 2. The van der Waals surface area contributed by atoms with Gasteiger partial charge in [0.05, 0.1) is 10.5 Å². The quantitative estimate of drug-likeness (QED) is 0.571. The summed E-state index contributed by atoms with van der Waals surface area (Å²) in [5.74, 6) is -2.21. The number of amides is 1. The summed E-state index contributed by atoms with van der Waals surface area (Å²) < 4.78 is 40.5. The molecule has 0 aliphatic rings. The van der Waals surface area contributed by atoms with Crippen LogP contribution < -0.4 is 10.0 Å². The second-order valence-corrected chi connectivity index (χ2v) is 7.66. The summed E-state index contributed by atoms with van der Waals surface area (Å²) in [4.78, 5) is 23.2. The molecule has 0 aromatic heterocycles. The first-order chi connectivity index (χ1) is 13.7. The van der Waals surface area contributed by atoms with Crippen LogP contribution >= 0.6 is 0 Å². The molecule has 3 aromatic rings. The number of hydrogen-bond acceptors (Lipinski definition) is 4. The lowest BCUT2D eigenvalue weighted by atomic mass is 10.2. The molecule has 7 nitrogen and oxygen atoms in total. The zero-order valence-electron chi connectivity index (χ0n) is 14.8. The van der Waals surface area contributed by atoms with Crippen LogP contribution in [0.3, 0.4) is 0 Å². The first kappa shape index (κ1) is 20.0. The Morgan fingerprint density at radius 2 is 1.48 bits per heavy atom. The molecule has 0 unspecified atom stereocenters. The summed E-state index contributed by atoms with van der Waals surface area (Å²) in [6.45, 7) is 0. The molecule has 29 heavy (non-hydrogen) atoms. The van der Waals surface area contributed by atoms with Crippen molar-refractivity contribution in [1.82, 2.24) is 0 Å². The molecule has 0 heterocycles. The topological polar surface area (TPSA) is 113 Å². The molecule has 148 valence electrons. The van der Waals surface area contributed by atoms with Gasteiger partial charge in [0.2, 0.25) is 0 Å². The molecule has 0 radical (unpaired) electrons. The minimum atomic E-state index is -4.06. The van der Waals surface area contributed by atoms with E-state index in [2.05, 4.69) is 10.0 Å². The highest BCUT2D eigenvalue weighted by Gasteiger charge is 2.17. The molecule has 0 aliphatic heterocycles. The predicted molar refractivity (Wildman–Crippen MR) is 105 cm³/mol. The highest BCUT2D eigenvalue weighted by Crippen LogP contribution is 2.19. The molecule has 0 saturated heterocycles. The molecule has 0 aliphatic carbocycles. The molecule has 3 rings (SSSR count). The highest BCUT2D eigenvalue weighted by molar-refractivity contribution is 7.92. The Morgan fingerprint density at radius 1 is 0.828 bits per heavy atom. The number of sulfonamides is 1. The summed E-state index contributed by atoms with van der Waals surface area (Å²) in [5.41, 5.74) is 0.438. The third-order valence-corrected chi connectivity index (χ3v) is 5.25. The third-order valence-electron chi connectivity index (χ3n) is 3.87. The van der Waals surface area contributed by atoms with Crippen molar-refractivity contribution in [3.63, 3.8) is 0 Å². The van der Waals surface area contributed by atoms with Crippen LogP contribution in [0, 0.1) is 5.82 Å². The van der Waals surface area contributed by atoms with Gasteiger partial charge in [0.15, 0.2) is 0 Å². The number of carboxylic acid groups (broad SMARTS) is 1. The number of hydrogen-bond donors (Lipinski definition) is 3. The van der Waals surface area contributed by atoms with Crippen LogP contribution in [0.1, 0.15) is 20.7 Å². The Bertz CT molecular complexity index is 1180. The van der Waals surface area contributed by atoms with Crippen molar-refractivity contribution < 1.29 is 27.5 Å². The number of carbonyl (C=O) groups is 2. The van der Waals surface area contributed by atoms with Crippen LogP contribution in [0.4, 0.5) is 15.8 Å². The maximum atomic E-state index is 13.0. The van der Waals surface area contributed by atoms with E-state index in [-0.39, 0.29) is 21.7 Å². The molecule has 0 spiro atoms. The minimum absolute atomic E-state index is 0.0716. The number of halogens is 1. The van der Waals surface area contributed by atoms with Gasteiger partial charge < -0.3 is 10.4 Å². The SMILES string of the molecule is O=C(O)c1cccc(NS(=O)(=O)c2cccc(C(=O)Nc3ccc(F)cc3)c2)c1. The van der Waals surface area contributed by atoms with E-state index in [0.717, 1.165) is 0 Å². The molecule has 0 saturated carbocycles. The molecule has 0 atom stereocenters. The first-order valence-electron chi connectivity index (χ1n) is 8.28. The van der Waals surface area contributed by atoms with Gasteiger partial charge in [-0.2, -0.15) is 0 Å². The van der Waals surface area contributed by atoms with Crippen molar-refractivity contribution in [3.05, 3.63) is 89.7 Å². The van der Waals surface area contributed by atoms with Gasteiger partial charge in [-0.3, -0.25) is 9.52 Å². The van der Waals surface area contributed by atoms with Crippen LogP contribution in [0.5, 0.6) is 0 Å². The van der Waals surface area contributed by atoms with Crippen LogP contribution in [0.2, 0.25) is 0 Å². The second-order valence-electron chi connectivity index (χ2n) is 5.98. The molecule has 0 fully saturated rings. The summed E-state index contributed by atoms with van der Waals surface area (Å²) in [7, 11) is -4.06. The molecule has 0 bridgehead atoms. The van der Waals surface area contributed by atoms with E-state index in [0.29, 0.717) is 5.69 Å². The number of benzene rings is 3. The average Bonchev–Trinajstić information content (AvgIpc) is 2.69. The molecule has 3 N–H and O–H groups in total. The van der Waals surface area contributed by atoms with Crippen molar-refractivity contribution in [2.24, 2.45) is 0 Å². The van der Waals surface area contributed by atoms with E-state index in [1.165, 1.54) is 72.8 Å². The highest BCUT2D eigenvalue weighted by atomic mass is 32.2. The van der Waals surface area contributed by atoms with Crippen molar-refractivity contribution >= 4 is 33.3 Å². The Morgan fingerprint density at radius 3 is 2.17 bits per heavy atom. The van der Waals surface area contributed by atoms with Crippen LogP contribution in [-0.4, -0.2) is 25.4 Å². The average molecular weight is 414 g/mol. The first-order valence-corrected chi connectivity index (χ1v) is 9.76. The second kappa shape index (κ2) is 8.11. The standard InChI is InChI=1S/C20H15FN2O5S/c21-15-7-9-16(10-8-15)22-19(24)13-3-2-6-18(12-13)29(27,28)23-17-5-1-4-14(11-17)20(25)26/h1-12,23H,(H,22,24)(H,25,26). The van der Waals surface area contributed by atoms with Crippen LogP contribution in [0.25, 0.3) is 0 Å². The zero-order valence-corrected chi connectivity index (χ0v) is 15.6. The van der Waals surface area contributed by atoms with Gasteiger partial charge in [-0.15, -0.1) is 0 Å². The van der Waals surface area contributed by atoms with E-state index < -0.39 is 27.7 Å². The van der Waals surface area contributed by atoms with Gasteiger partial charge in [0.25, 0.3) is 15.9 Å². The fraction of sp³-hybridized carbons (Fsp3) is 0. The van der Waals surface area contributed by atoms with E-state index >= 15 is 0 Å². The van der Waals surface area contributed by atoms with E-state index in [1.54, 1.807) is 0 Å². The van der Waals surface area contributed by atoms with Gasteiger partial charge in [-0.25, -0.2) is 17.6 Å². The summed E-state index contributed by atoms with van der Waals surface area (Å²) in [5, 5.41) is 11.6. The van der Waals surface area contributed by atoms with Gasteiger partial charge in [0, 0.05) is 16.9 Å². The fourth-order valence-electron chi connectivity index (χ4n) is 2.47. The normalized spacial score (nSPS) is 10.9.